The van der Waals surface area contributed by atoms with Gasteiger partial charge < -0.3 is 24.5 Å². The third kappa shape index (κ3) is 8.41. The van der Waals surface area contributed by atoms with Crippen molar-refractivity contribution in [2.24, 2.45) is 10.1 Å². The van der Waals surface area contributed by atoms with E-state index in [4.69, 9.17) is 9.57 Å². The van der Waals surface area contributed by atoms with Crippen LogP contribution in [0.2, 0.25) is 0 Å². The van der Waals surface area contributed by atoms with Crippen LogP contribution in [-0.4, -0.2) is 97.2 Å². The van der Waals surface area contributed by atoms with Crippen molar-refractivity contribution in [2.45, 2.75) is 38.8 Å². The lowest BCUT2D eigenvalue weighted by molar-refractivity contribution is -0.145. The zero-order valence-corrected chi connectivity index (χ0v) is 29.7. The van der Waals surface area contributed by atoms with Crippen molar-refractivity contribution in [3.8, 4) is 22.3 Å². The Labute approximate surface area is 299 Å². The standard InChI is InChI=1S/C21H22N2O4.C20H22N2O2/c1-14-6-4-5-7-18(14)15-8-10-16(11-9-15)20(24)23-13-17(22-27-3)12-19(23)21(25)26-2;1-14-5-3-4-6-19(14)15-7-9-16(10-8-15)20(24)22-12-17(21-2)11-18(22)13-23/h4-11,19H,12-13H2,1-3H3;3-10,18,23H,11-13H2,1-2H3/b22-17+;/t19-;18-/m00/s1. The maximum atomic E-state index is 13.0. The summed E-state index contributed by atoms with van der Waals surface area (Å²) in [6.45, 7) is 4.84. The first-order valence-corrected chi connectivity index (χ1v) is 16.8. The Hall–Kier alpha value is -5.61. The minimum absolute atomic E-state index is 0.0357. The van der Waals surface area contributed by atoms with E-state index in [2.05, 4.69) is 42.2 Å². The van der Waals surface area contributed by atoms with Gasteiger partial charge in [0.1, 0.15) is 13.2 Å². The van der Waals surface area contributed by atoms with Crippen LogP contribution in [0.4, 0.5) is 0 Å². The highest BCUT2D eigenvalue weighted by Crippen LogP contribution is 2.27. The van der Waals surface area contributed by atoms with Gasteiger partial charge in [0.2, 0.25) is 0 Å². The fourth-order valence-corrected chi connectivity index (χ4v) is 6.51. The lowest BCUT2D eigenvalue weighted by Crippen LogP contribution is -2.41. The molecule has 264 valence electrons. The Morgan fingerprint density at radius 3 is 1.65 bits per heavy atom. The molecule has 51 heavy (non-hydrogen) atoms. The van der Waals surface area contributed by atoms with Gasteiger partial charge in [-0.05, 0) is 71.5 Å². The van der Waals surface area contributed by atoms with Gasteiger partial charge in [-0.3, -0.25) is 14.6 Å². The highest BCUT2D eigenvalue weighted by molar-refractivity contribution is 6.04. The summed E-state index contributed by atoms with van der Waals surface area (Å²) in [5, 5.41) is 13.4. The second-order valence-electron chi connectivity index (χ2n) is 12.6. The average Bonchev–Trinajstić information content (AvgIpc) is 3.79. The highest BCUT2D eigenvalue weighted by atomic mass is 16.6. The summed E-state index contributed by atoms with van der Waals surface area (Å²) in [6, 6.07) is 30.5. The lowest BCUT2D eigenvalue weighted by Gasteiger charge is -2.22. The summed E-state index contributed by atoms with van der Waals surface area (Å²) in [4.78, 5) is 50.0. The molecule has 0 bridgehead atoms. The predicted octanol–water partition coefficient (Wildman–Crippen LogP) is 5.99. The molecular weight excluding hydrogens is 644 g/mol. The van der Waals surface area contributed by atoms with Crippen molar-refractivity contribution in [2.75, 3.05) is 41.0 Å². The van der Waals surface area contributed by atoms with Crippen molar-refractivity contribution in [1.82, 2.24) is 9.80 Å². The van der Waals surface area contributed by atoms with Crippen LogP contribution in [0.25, 0.3) is 22.3 Å². The molecule has 1 N–H and O–H groups in total. The Bertz CT molecular complexity index is 1920. The van der Waals surface area contributed by atoms with Gasteiger partial charge in [0.15, 0.2) is 0 Å². The molecule has 10 heteroatoms. The van der Waals surface area contributed by atoms with Crippen LogP contribution in [0.5, 0.6) is 0 Å². The van der Waals surface area contributed by atoms with E-state index >= 15 is 0 Å². The van der Waals surface area contributed by atoms with Crippen LogP contribution in [0.1, 0.15) is 44.7 Å². The van der Waals surface area contributed by atoms with Crippen molar-refractivity contribution < 1.29 is 29.1 Å². The first-order valence-electron chi connectivity index (χ1n) is 16.8. The number of hydrogen-bond acceptors (Lipinski definition) is 8. The average molecular weight is 689 g/mol. The number of aliphatic hydroxyl groups is 1. The van der Waals surface area contributed by atoms with Gasteiger partial charge in [-0.25, -0.2) is 4.79 Å². The van der Waals surface area contributed by atoms with E-state index in [1.165, 1.54) is 35.8 Å². The first kappa shape index (κ1) is 36.7. The van der Waals surface area contributed by atoms with Crippen molar-refractivity contribution in [1.29, 1.82) is 0 Å². The molecule has 0 radical (unpaired) electrons. The van der Waals surface area contributed by atoms with Crippen LogP contribution in [0, 0.1) is 13.8 Å². The second kappa shape index (κ2) is 16.9. The minimum Gasteiger partial charge on any atom is -0.467 e. The monoisotopic (exact) mass is 688 g/mol. The summed E-state index contributed by atoms with van der Waals surface area (Å²) >= 11 is 0. The number of esters is 1. The number of likely N-dealkylation sites (tertiary alicyclic amines) is 2. The van der Waals surface area contributed by atoms with Gasteiger partial charge in [-0.15, -0.1) is 0 Å². The van der Waals surface area contributed by atoms with Gasteiger partial charge in [-0.1, -0.05) is 78.0 Å². The maximum Gasteiger partial charge on any atom is 0.329 e. The molecule has 0 aromatic heterocycles. The Morgan fingerprint density at radius 1 is 0.706 bits per heavy atom. The summed E-state index contributed by atoms with van der Waals surface area (Å²) in [5.41, 5.74) is 9.56. The Kier molecular flexibility index (Phi) is 12.1. The topological polar surface area (TPSA) is 121 Å². The number of rotatable bonds is 7. The van der Waals surface area contributed by atoms with Crippen molar-refractivity contribution in [3.63, 3.8) is 0 Å². The van der Waals surface area contributed by atoms with Crippen LogP contribution in [0.15, 0.2) is 107 Å². The number of hydrogen-bond donors (Lipinski definition) is 1. The smallest absolute Gasteiger partial charge is 0.329 e. The maximum absolute atomic E-state index is 13.0. The lowest BCUT2D eigenvalue weighted by atomic mass is 9.99. The fourth-order valence-electron chi connectivity index (χ4n) is 6.51. The molecule has 10 nitrogen and oxygen atoms in total. The molecule has 2 atom stereocenters. The highest BCUT2D eigenvalue weighted by Gasteiger charge is 2.39. The number of aryl methyl sites for hydroxylation is 2. The number of methoxy groups -OCH3 is 1. The molecule has 0 saturated carbocycles. The quantitative estimate of drug-likeness (QED) is 0.188. The SMILES string of the molecule is CN=C1C[C@@H](CO)N(C(=O)c2ccc(-c3ccccc3C)cc2)C1.CO/N=C1\C[C@@H](C(=O)OC)N(C(=O)c2ccc(-c3ccccc3C)cc2)C1. The number of ether oxygens (including phenoxy) is 1. The third-order valence-corrected chi connectivity index (χ3v) is 9.34. The van der Waals surface area contributed by atoms with E-state index in [-0.39, 0.29) is 31.0 Å². The molecule has 2 amide bonds. The van der Waals surface area contributed by atoms with Crippen LogP contribution in [0.3, 0.4) is 0 Å². The molecule has 6 rings (SSSR count). The number of benzene rings is 4. The molecule has 4 aromatic carbocycles. The summed E-state index contributed by atoms with van der Waals surface area (Å²) < 4.78 is 4.84. The Balaban J connectivity index is 0.000000199. The molecule has 2 aliphatic rings. The molecule has 4 aromatic rings. The molecule has 2 fully saturated rings. The number of aliphatic hydroxyl groups excluding tert-OH is 1. The largest absolute Gasteiger partial charge is 0.467 e. The molecule has 2 aliphatic heterocycles. The van der Waals surface area contributed by atoms with Crippen molar-refractivity contribution >= 4 is 29.2 Å². The number of nitrogens with zero attached hydrogens (tertiary/aromatic N) is 4. The molecule has 2 heterocycles. The minimum atomic E-state index is -0.688. The van der Waals surface area contributed by atoms with Crippen LogP contribution < -0.4 is 0 Å². The van der Waals surface area contributed by atoms with Gasteiger partial charge in [0.05, 0.1) is 38.6 Å². The van der Waals surface area contributed by atoms with E-state index in [0.29, 0.717) is 36.2 Å². The number of carbonyl (C=O) groups excluding carboxylic acids is 3. The summed E-state index contributed by atoms with van der Waals surface area (Å²) in [7, 11) is 4.48. The number of amides is 2. The molecule has 0 spiro atoms. The first-order chi connectivity index (χ1) is 24.7. The van der Waals surface area contributed by atoms with E-state index in [1.54, 1.807) is 24.1 Å². The van der Waals surface area contributed by atoms with Crippen molar-refractivity contribution in [3.05, 3.63) is 119 Å². The Morgan fingerprint density at radius 2 is 1.20 bits per heavy atom. The summed E-state index contributed by atoms with van der Waals surface area (Å²) in [5.74, 6) is -0.742. The zero-order chi connectivity index (χ0) is 36.5. The van der Waals surface area contributed by atoms with Gasteiger partial charge in [0.25, 0.3) is 11.8 Å². The fraction of sp³-hybridized carbons (Fsp3) is 0.293. The van der Waals surface area contributed by atoms with E-state index < -0.39 is 12.0 Å². The number of oxime groups is 1. The molecule has 0 unspecified atom stereocenters. The number of carbonyl (C=O) groups is 3. The molecular formula is C41H44N4O6. The van der Waals surface area contributed by atoms with E-state index in [0.717, 1.165) is 22.4 Å². The van der Waals surface area contributed by atoms with Gasteiger partial charge in [-0.2, -0.15) is 0 Å². The van der Waals surface area contributed by atoms with Crippen LogP contribution >= 0.6 is 0 Å². The van der Waals surface area contributed by atoms with Crippen LogP contribution in [-0.2, 0) is 14.4 Å². The summed E-state index contributed by atoms with van der Waals surface area (Å²) in [6.07, 6.45) is 0.966. The molecule has 2 saturated heterocycles. The number of aliphatic imine (C=N–C) groups is 1. The van der Waals surface area contributed by atoms with Gasteiger partial charge >= 0.3 is 5.97 Å². The van der Waals surface area contributed by atoms with Gasteiger partial charge in [0, 0.05) is 36.7 Å². The predicted molar refractivity (Wildman–Crippen MR) is 199 cm³/mol. The van der Waals surface area contributed by atoms with E-state index in [9.17, 15) is 19.5 Å². The zero-order valence-electron chi connectivity index (χ0n) is 29.7. The normalized spacial score (nSPS) is 18.4. The second-order valence-corrected chi connectivity index (χ2v) is 12.6. The molecule has 0 aliphatic carbocycles. The third-order valence-electron chi connectivity index (χ3n) is 9.34. The van der Waals surface area contributed by atoms with E-state index in [1.807, 2.05) is 66.7 Å².